The summed E-state index contributed by atoms with van der Waals surface area (Å²) >= 11 is 1.18. The van der Waals surface area contributed by atoms with Crippen LogP contribution in [0.5, 0.6) is 0 Å². The number of nitrogens with zero attached hydrogens (tertiary/aromatic N) is 2. The lowest BCUT2D eigenvalue weighted by atomic mass is 10.1. The van der Waals surface area contributed by atoms with Crippen LogP contribution in [0.3, 0.4) is 0 Å². The fourth-order valence-electron chi connectivity index (χ4n) is 3.86. The average molecular weight is 536 g/mol. The number of hydrogen-bond donors (Lipinski definition) is 1. The van der Waals surface area contributed by atoms with Gasteiger partial charge in [-0.1, -0.05) is 92.3 Å². The molecule has 1 aromatic heterocycles. The third-order valence-electron chi connectivity index (χ3n) is 5.84. The number of oxazole rings is 1. The largest absolute Gasteiger partial charge is 0.431 e. The van der Waals surface area contributed by atoms with Gasteiger partial charge in [0.2, 0.25) is 15.9 Å². The highest BCUT2D eigenvalue weighted by Crippen LogP contribution is 2.35. The van der Waals surface area contributed by atoms with Crippen molar-refractivity contribution in [1.29, 1.82) is 0 Å². The van der Waals surface area contributed by atoms with E-state index in [0.29, 0.717) is 35.5 Å². The van der Waals surface area contributed by atoms with Crippen LogP contribution >= 0.6 is 11.8 Å². The van der Waals surface area contributed by atoms with Gasteiger partial charge in [0.15, 0.2) is 5.76 Å². The smallest absolute Gasteiger partial charge is 0.257 e. The first-order chi connectivity index (χ1) is 17.8. The van der Waals surface area contributed by atoms with E-state index in [4.69, 9.17) is 4.42 Å². The molecule has 0 saturated carbocycles. The highest BCUT2D eigenvalue weighted by Gasteiger charge is 2.23. The average Bonchev–Trinajstić information content (AvgIpc) is 3.35. The molecule has 1 amide bonds. The molecule has 0 spiro atoms. The molecule has 4 aromatic rings. The number of sulfonamides is 1. The van der Waals surface area contributed by atoms with E-state index in [9.17, 15) is 13.2 Å². The van der Waals surface area contributed by atoms with E-state index in [-0.39, 0.29) is 16.6 Å². The molecule has 3 aromatic carbocycles. The van der Waals surface area contributed by atoms with Crippen LogP contribution in [0.1, 0.15) is 19.4 Å². The molecule has 0 unspecified atom stereocenters. The minimum Gasteiger partial charge on any atom is -0.431 e. The molecule has 37 heavy (non-hydrogen) atoms. The number of amides is 1. The van der Waals surface area contributed by atoms with Crippen molar-refractivity contribution in [3.63, 3.8) is 0 Å². The molecule has 0 atom stereocenters. The number of thioether (sulfide) groups is 1. The summed E-state index contributed by atoms with van der Waals surface area (Å²) in [5.41, 5.74) is 3.75. The third-order valence-corrected chi connectivity index (χ3v) is 8.72. The molecule has 0 aliphatic carbocycles. The SMILES string of the molecule is CCN(CC)S(=O)(=O)c1ccc(C)c(NC(=O)CSc2nc(-c3ccccc3)c(-c3ccccc3)o2)c1. The summed E-state index contributed by atoms with van der Waals surface area (Å²) < 4.78 is 33.3. The second-order valence-corrected chi connectivity index (χ2v) is 11.2. The molecule has 0 fully saturated rings. The summed E-state index contributed by atoms with van der Waals surface area (Å²) in [5.74, 6) is 0.404. The van der Waals surface area contributed by atoms with Crippen molar-refractivity contribution in [2.45, 2.75) is 30.9 Å². The van der Waals surface area contributed by atoms with Crippen LogP contribution in [-0.4, -0.2) is 42.5 Å². The number of rotatable bonds is 10. The molecule has 0 aliphatic rings. The van der Waals surface area contributed by atoms with Crippen LogP contribution in [0.4, 0.5) is 5.69 Å². The van der Waals surface area contributed by atoms with Gasteiger partial charge in [-0.05, 0) is 24.6 Å². The number of aryl methyl sites for hydroxylation is 1. The fraction of sp³-hybridized carbons (Fsp3) is 0.214. The first kappa shape index (κ1) is 26.7. The van der Waals surface area contributed by atoms with Crippen LogP contribution in [-0.2, 0) is 14.8 Å². The molecular weight excluding hydrogens is 506 g/mol. The van der Waals surface area contributed by atoms with Gasteiger partial charge in [0.05, 0.1) is 10.6 Å². The van der Waals surface area contributed by atoms with Gasteiger partial charge in [-0.3, -0.25) is 4.79 Å². The van der Waals surface area contributed by atoms with Gasteiger partial charge in [-0.2, -0.15) is 4.31 Å². The van der Waals surface area contributed by atoms with Crippen molar-refractivity contribution in [2.24, 2.45) is 0 Å². The predicted molar refractivity (Wildman–Crippen MR) is 148 cm³/mol. The number of aromatic nitrogens is 1. The van der Waals surface area contributed by atoms with Gasteiger partial charge in [0.25, 0.3) is 5.22 Å². The summed E-state index contributed by atoms with van der Waals surface area (Å²) in [5, 5.41) is 3.22. The summed E-state index contributed by atoms with van der Waals surface area (Å²) in [7, 11) is -3.63. The minimum atomic E-state index is -3.63. The zero-order valence-electron chi connectivity index (χ0n) is 21.0. The molecule has 0 radical (unpaired) electrons. The normalized spacial score (nSPS) is 11.6. The van der Waals surface area contributed by atoms with Crippen LogP contribution in [0.2, 0.25) is 0 Å². The lowest BCUT2D eigenvalue weighted by molar-refractivity contribution is -0.113. The topological polar surface area (TPSA) is 92.5 Å². The lowest BCUT2D eigenvalue weighted by Gasteiger charge is -2.19. The molecule has 7 nitrogen and oxygen atoms in total. The Morgan fingerprint density at radius 1 is 0.946 bits per heavy atom. The molecule has 9 heteroatoms. The summed E-state index contributed by atoms with van der Waals surface area (Å²) in [6, 6.07) is 24.2. The van der Waals surface area contributed by atoms with Crippen molar-refractivity contribution >= 4 is 33.4 Å². The van der Waals surface area contributed by atoms with E-state index in [0.717, 1.165) is 16.7 Å². The minimum absolute atomic E-state index is 0.0510. The van der Waals surface area contributed by atoms with Crippen molar-refractivity contribution < 1.29 is 17.6 Å². The Hall–Kier alpha value is -3.40. The number of anilines is 1. The van der Waals surface area contributed by atoms with E-state index >= 15 is 0 Å². The molecule has 0 saturated heterocycles. The number of nitrogens with one attached hydrogen (secondary N) is 1. The van der Waals surface area contributed by atoms with Gasteiger partial charge >= 0.3 is 0 Å². The maximum absolute atomic E-state index is 12.9. The molecule has 4 rings (SSSR count). The Bertz CT molecular complexity index is 1410. The first-order valence-electron chi connectivity index (χ1n) is 12.0. The number of carbonyl (C=O) groups is 1. The quantitative estimate of drug-likeness (QED) is 0.248. The maximum atomic E-state index is 12.9. The Morgan fingerprint density at radius 3 is 2.19 bits per heavy atom. The summed E-state index contributed by atoms with van der Waals surface area (Å²) in [6.45, 7) is 6.16. The number of carbonyl (C=O) groups excluding carboxylic acids is 1. The van der Waals surface area contributed by atoms with Crippen molar-refractivity contribution in [2.75, 3.05) is 24.2 Å². The Labute approximate surface area is 222 Å². The standard InChI is InChI=1S/C28H29N3O4S2/c1-4-31(5-2)37(33,34)23-17-16-20(3)24(18-23)29-25(32)19-36-28-30-26(21-12-8-6-9-13-21)27(35-28)22-14-10-7-11-15-22/h6-18H,4-5,19H2,1-3H3,(H,29,32). The second kappa shape index (κ2) is 11.8. The first-order valence-corrected chi connectivity index (χ1v) is 14.4. The molecule has 192 valence electrons. The van der Waals surface area contributed by atoms with Gasteiger partial charge in [0, 0.05) is 29.9 Å². The molecule has 0 aliphatic heterocycles. The fourth-order valence-corrected chi connectivity index (χ4v) is 5.97. The van der Waals surface area contributed by atoms with Crippen LogP contribution in [0, 0.1) is 6.92 Å². The maximum Gasteiger partial charge on any atom is 0.257 e. The van der Waals surface area contributed by atoms with E-state index in [1.807, 2.05) is 67.6 Å². The summed E-state index contributed by atoms with van der Waals surface area (Å²) in [6.07, 6.45) is 0. The lowest BCUT2D eigenvalue weighted by Crippen LogP contribution is -2.30. The monoisotopic (exact) mass is 535 g/mol. The van der Waals surface area contributed by atoms with Gasteiger partial charge in [-0.15, -0.1) is 0 Å². The van der Waals surface area contributed by atoms with Crippen molar-refractivity contribution in [3.8, 4) is 22.6 Å². The summed E-state index contributed by atoms with van der Waals surface area (Å²) in [4.78, 5) is 17.6. The van der Waals surface area contributed by atoms with E-state index in [2.05, 4.69) is 10.3 Å². The Morgan fingerprint density at radius 2 is 1.57 bits per heavy atom. The zero-order chi connectivity index (χ0) is 26.4. The highest BCUT2D eigenvalue weighted by atomic mass is 32.2. The van der Waals surface area contributed by atoms with Crippen LogP contribution < -0.4 is 5.32 Å². The number of hydrogen-bond acceptors (Lipinski definition) is 6. The Balaban J connectivity index is 1.52. The Kier molecular flexibility index (Phi) is 8.48. The third kappa shape index (κ3) is 6.12. The number of benzene rings is 3. The van der Waals surface area contributed by atoms with E-state index in [1.165, 1.54) is 22.1 Å². The molecule has 1 heterocycles. The van der Waals surface area contributed by atoms with Gasteiger partial charge < -0.3 is 9.73 Å². The van der Waals surface area contributed by atoms with Gasteiger partial charge in [0.1, 0.15) is 5.69 Å². The van der Waals surface area contributed by atoms with Crippen molar-refractivity contribution in [1.82, 2.24) is 9.29 Å². The zero-order valence-corrected chi connectivity index (χ0v) is 22.6. The predicted octanol–water partition coefficient (Wildman–Crippen LogP) is 6.08. The van der Waals surface area contributed by atoms with Crippen LogP contribution in [0.15, 0.2) is 93.4 Å². The van der Waals surface area contributed by atoms with Crippen molar-refractivity contribution in [3.05, 3.63) is 84.4 Å². The van der Waals surface area contributed by atoms with E-state index < -0.39 is 10.0 Å². The molecular formula is C28H29N3O4S2. The van der Waals surface area contributed by atoms with Gasteiger partial charge in [-0.25, -0.2) is 13.4 Å². The molecule has 0 bridgehead atoms. The van der Waals surface area contributed by atoms with Crippen LogP contribution in [0.25, 0.3) is 22.6 Å². The molecule has 1 N–H and O–H groups in total. The van der Waals surface area contributed by atoms with E-state index in [1.54, 1.807) is 26.0 Å². The second-order valence-electron chi connectivity index (χ2n) is 8.29. The highest BCUT2D eigenvalue weighted by molar-refractivity contribution is 7.99.